The predicted octanol–water partition coefficient (Wildman–Crippen LogP) is 19.1. The maximum absolute atomic E-state index is 12.8. The molecule has 0 amide bonds. The van der Waals surface area contributed by atoms with Crippen LogP contribution in [0.5, 0.6) is 0 Å². The van der Waals surface area contributed by atoms with Crippen LogP contribution >= 0.6 is 0 Å². The van der Waals surface area contributed by atoms with Crippen LogP contribution in [0.2, 0.25) is 0 Å². The van der Waals surface area contributed by atoms with E-state index in [1.807, 2.05) is 6.08 Å². The Bertz CT molecular complexity index is 1420. The van der Waals surface area contributed by atoms with Crippen LogP contribution in [-0.2, 0) is 28.6 Å². The fourth-order valence-corrected chi connectivity index (χ4v) is 7.49. The van der Waals surface area contributed by atoms with Gasteiger partial charge in [0.15, 0.2) is 6.10 Å². The Morgan fingerprint density at radius 1 is 0.304 bits per heavy atom. The quantitative estimate of drug-likeness (QED) is 0.0262. The molecule has 0 fully saturated rings. The number of ether oxygens (including phenoxy) is 3. The molecule has 0 aromatic carbocycles. The average Bonchev–Trinajstić information content (AvgIpc) is 3.35. The first-order valence-electron chi connectivity index (χ1n) is 28.4. The zero-order valence-electron chi connectivity index (χ0n) is 44.8. The molecule has 0 saturated carbocycles. The smallest absolute Gasteiger partial charge is 0.306 e. The fraction of sp³-hybridized carbons (Fsp3) is 0.667. The first-order chi connectivity index (χ1) is 34.0. The van der Waals surface area contributed by atoms with Crippen LogP contribution in [-0.4, -0.2) is 37.2 Å². The molecule has 6 heteroatoms. The van der Waals surface area contributed by atoms with Crippen molar-refractivity contribution in [3.63, 3.8) is 0 Å². The van der Waals surface area contributed by atoms with E-state index >= 15 is 0 Å². The molecule has 0 bridgehead atoms. The van der Waals surface area contributed by atoms with Crippen LogP contribution in [0, 0.1) is 0 Å². The summed E-state index contributed by atoms with van der Waals surface area (Å²) >= 11 is 0. The lowest BCUT2D eigenvalue weighted by Crippen LogP contribution is -2.30. The molecule has 1 atom stereocenters. The second-order valence-electron chi connectivity index (χ2n) is 18.5. The van der Waals surface area contributed by atoms with E-state index in [0.717, 1.165) is 103 Å². The van der Waals surface area contributed by atoms with Crippen molar-refractivity contribution in [1.29, 1.82) is 0 Å². The SMILES string of the molecule is CC/C=C\C/C=C\C/C=C\CCCCCCCC(=O)O[C@H](COC(=O)CC/C=C\C/C=C\C/C=C\C/C=C\C/C=C\CCCCC)COC(=O)CCCCCCCCC/C=C\CCCCCCCC. The minimum absolute atomic E-state index is 0.112. The van der Waals surface area contributed by atoms with Crippen LogP contribution < -0.4 is 0 Å². The third-order valence-corrected chi connectivity index (χ3v) is 11.7. The lowest BCUT2D eigenvalue weighted by atomic mass is 10.1. The number of hydrogen-bond donors (Lipinski definition) is 0. The molecule has 0 rings (SSSR count). The Balaban J connectivity index is 4.53. The summed E-state index contributed by atoms with van der Waals surface area (Å²) in [6.07, 6.45) is 76.6. The van der Waals surface area contributed by atoms with Crippen molar-refractivity contribution in [3.8, 4) is 0 Å². The fourth-order valence-electron chi connectivity index (χ4n) is 7.49. The summed E-state index contributed by atoms with van der Waals surface area (Å²) in [6, 6.07) is 0. The van der Waals surface area contributed by atoms with Gasteiger partial charge in [-0.3, -0.25) is 14.4 Å². The predicted molar refractivity (Wildman–Crippen MR) is 297 cm³/mol. The maximum Gasteiger partial charge on any atom is 0.306 e. The molecule has 69 heavy (non-hydrogen) atoms. The Hall–Kier alpha value is -3.93. The third kappa shape index (κ3) is 54.9. The van der Waals surface area contributed by atoms with E-state index in [2.05, 4.69) is 124 Å². The highest BCUT2D eigenvalue weighted by molar-refractivity contribution is 5.71. The maximum atomic E-state index is 12.8. The second-order valence-corrected chi connectivity index (χ2v) is 18.5. The monoisotopic (exact) mass is 957 g/mol. The standard InChI is InChI=1S/C63H104O6/c1-4-7-10-13-16-19-22-25-28-30-31-33-36-38-41-44-47-50-53-56-62(65)68-59-60(69-63(66)57-54-51-48-45-42-39-34-27-24-21-18-15-12-9-6-3)58-67-61(64)55-52-49-46-43-40-37-35-32-29-26-23-20-17-14-11-8-5-2/h9,12,16,18-19,21,25-29,31,33-34,38,41,47,50,60H,4-8,10-11,13-15,17,20,22-24,30,32,35-37,39-40,42-46,48-49,51-59H2,1-3H3/b12-9-,19-16-,21-18-,28-25-,29-26-,33-31-,34-27-,41-38-,50-47-/t60-/m0/s1. The molecule has 0 radical (unpaired) electrons. The normalized spacial score (nSPS) is 12.9. The van der Waals surface area contributed by atoms with E-state index in [0.29, 0.717) is 12.8 Å². The Morgan fingerprint density at radius 3 is 1.01 bits per heavy atom. The first-order valence-corrected chi connectivity index (χ1v) is 28.4. The molecule has 392 valence electrons. The molecular formula is C63H104O6. The largest absolute Gasteiger partial charge is 0.462 e. The Kier molecular flexibility index (Phi) is 53.4. The molecule has 0 aliphatic rings. The summed E-state index contributed by atoms with van der Waals surface area (Å²) in [7, 11) is 0. The molecule has 0 heterocycles. The van der Waals surface area contributed by atoms with Crippen LogP contribution in [0.1, 0.15) is 252 Å². The summed E-state index contributed by atoms with van der Waals surface area (Å²) in [4.78, 5) is 38.1. The summed E-state index contributed by atoms with van der Waals surface area (Å²) in [5, 5.41) is 0. The third-order valence-electron chi connectivity index (χ3n) is 11.7. The summed E-state index contributed by atoms with van der Waals surface area (Å²) in [5.41, 5.74) is 0. The van der Waals surface area contributed by atoms with Crippen molar-refractivity contribution in [3.05, 3.63) is 109 Å². The topological polar surface area (TPSA) is 78.9 Å². The molecule has 0 spiro atoms. The zero-order chi connectivity index (χ0) is 50.0. The number of hydrogen-bond acceptors (Lipinski definition) is 6. The summed E-state index contributed by atoms with van der Waals surface area (Å²) in [6.45, 7) is 6.41. The number of unbranched alkanes of at least 4 members (excludes halogenated alkanes) is 21. The van der Waals surface area contributed by atoms with E-state index in [1.165, 1.54) is 103 Å². The van der Waals surface area contributed by atoms with Gasteiger partial charge in [0, 0.05) is 19.3 Å². The molecule has 0 aromatic rings. The van der Waals surface area contributed by atoms with Crippen molar-refractivity contribution < 1.29 is 28.6 Å². The van der Waals surface area contributed by atoms with Gasteiger partial charge in [-0.15, -0.1) is 0 Å². The first kappa shape index (κ1) is 65.1. The van der Waals surface area contributed by atoms with Gasteiger partial charge < -0.3 is 14.2 Å². The van der Waals surface area contributed by atoms with Crippen molar-refractivity contribution in [2.24, 2.45) is 0 Å². The van der Waals surface area contributed by atoms with E-state index < -0.39 is 6.10 Å². The summed E-state index contributed by atoms with van der Waals surface area (Å²) < 4.78 is 16.8. The van der Waals surface area contributed by atoms with Crippen molar-refractivity contribution in [1.82, 2.24) is 0 Å². The van der Waals surface area contributed by atoms with Gasteiger partial charge in [-0.05, 0) is 116 Å². The van der Waals surface area contributed by atoms with Crippen molar-refractivity contribution >= 4 is 17.9 Å². The molecule has 0 aromatic heterocycles. The van der Waals surface area contributed by atoms with E-state index in [-0.39, 0.29) is 44.0 Å². The van der Waals surface area contributed by atoms with Crippen LogP contribution in [0.3, 0.4) is 0 Å². The highest BCUT2D eigenvalue weighted by Gasteiger charge is 2.19. The molecular weight excluding hydrogens is 853 g/mol. The van der Waals surface area contributed by atoms with E-state index in [4.69, 9.17) is 14.2 Å². The van der Waals surface area contributed by atoms with Crippen LogP contribution in [0.15, 0.2) is 109 Å². The molecule has 6 nitrogen and oxygen atoms in total. The molecule has 0 saturated heterocycles. The van der Waals surface area contributed by atoms with Gasteiger partial charge in [0.25, 0.3) is 0 Å². The van der Waals surface area contributed by atoms with Gasteiger partial charge in [-0.1, -0.05) is 226 Å². The lowest BCUT2D eigenvalue weighted by Gasteiger charge is -2.18. The van der Waals surface area contributed by atoms with Crippen molar-refractivity contribution in [2.45, 2.75) is 258 Å². The zero-order valence-corrected chi connectivity index (χ0v) is 44.8. The summed E-state index contributed by atoms with van der Waals surface area (Å²) in [5.74, 6) is -1.02. The molecule has 0 aliphatic carbocycles. The minimum Gasteiger partial charge on any atom is -0.462 e. The molecule has 0 unspecified atom stereocenters. The highest BCUT2D eigenvalue weighted by atomic mass is 16.6. The number of carbonyl (C=O) groups is 3. The van der Waals surface area contributed by atoms with Crippen LogP contribution in [0.25, 0.3) is 0 Å². The van der Waals surface area contributed by atoms with E-state index in [9.17, 15) is 14.4 Å². The van der Waals surface area contributed by atoms with Gasteiger partial charge in [-0.25, -0.2) is 0 Å². The van der Waals surface area contributed by atoms with Gasteiger partial charge in [0.1, 0.15) is 13.2 Å². The van der Waals surface area contributed by atoms with Gasteiger partial charge >= 0.3 is 17.9 Å². The van der Waals surface area contributed by atoms with Gasteiger partial charge in [-0.2, -0.15) is 0 Å². The number of rotatable bonds is 50. The number of carbonyl (C=O) groups excluding carboxylic acids is 3. The average molecular weight is 958 g/mol. The lowest BCUT2D eigenvalue weighted by molar-refractivity contribution is -0.166. The van der Waals surface area contributed by atoms with E-state index in [1.54, 1.807) is 0 Å². The van der Waals surface area contributed by atoms with Gasteiger partial charge in [0.05, 0.1) is 0 Å². The highest BCUT2D eigenvalue weighted by Crippen LogP contribution is 2.14. The number of esters is 3. The van der Waals surface area contributed by atoms with Gasteiger partial charge in [0.2, 0.25) is 0 Å². The van der Waals surface area contributed by atoms with Crippen molar-refractivity contribution in [2.75, 3.05) is 13.2 Å². The minimum atomic E-state index is -0.821. The Morgan fingerprint density at radius 2 is 0.594 bits per heavy atom. The molecule has 0 aliphatic heterocycles. The second kappa shape index (κ2) is 56.7. The van der Waals surface area contributed by atoms with Crippen LogP contribution in [0.4, 0.5) is 0 Å². The molecule has 0 N–H and O–H groups in total. The Labute approximate surface area is 425 Å². The number of allylic oxidation sites excluding steroid dienone is 18.